The summed E-state index contributed by atoms with van der Waals surface area (Å²) >= 11 is 0.611. The SMILES string of the molecule is CC=CC.[O]=[AlH]. The summed E-state index contributed by atoms with van der Waals surface area (Å²) in [5.74, 6) is 0. The number of hydrogen-bond donors (Lipinski definition) is 0. The van der Waals surface area contributed by atoms with Crippen molar-refractivity contribution in [2.45, 2.75) is 13.8 Å². The van der Waals surface area contributed by atoms with E-state index in [0.29, 0.717) is 16.2 Å². The van der Waals surface area contributed by atoms with Gasteiger partial charge in [0.05, 0.1) is 0 Å². The van der Waals surface area contributed by atoms with Crippen LogP contribution >= 0.6 is 0 Å². The van der Waals surface area contributed by atoms with Gasteiger partial charge in [-0.2, -0.15) is 0 Å². The third-order valence-electron chi connectivity index (χ3n) is 0.333. The Morgan fingerprint density at radius 3 is 1.33 bits per heavy atom. The molecule has 0 heterocycles. The predicted octanol–water partition coefficient (Wildman–Crippen LogP) is 0.815. The van der Waals surface area contributed by atoms with Gasteiger partial charge in [0, 0.05) is 0 Å². The second-order valence-corrected chi connectivity index (χ2v) is 0.667. The number of allylic oxidation sites excluding steroid dienone is 2. The predicted molar refractivity (Wildman–Crippen MR) is 28.3 cm³/mol. The molecule has 0 aliphatic heterocycles. The van der Waals surface area contributed by atoms with Crippen LogP contribution in [0.1, 0.15) is 13.8 Å². The summed E-state index contributed by atoms with van der Waals surface area (Å²) in [6.07, 6.45) is 4.00. The van der Waals surface area contributed by atoms with Crippen molar-refractivity contribution >= 4 is 16.2 Å². The van der Waals surface area contributed by atoms with Crippen LogP contribution in [-0.4, -0.2) is 16.2 Å². The van der Waals surface area contributed by atoms with Crippen LogP contribution in [0.4, 0.5) is 0 Å². The first-order valence-corrected chi connectivity index (χ1v) is 2.35. The van der Waals surface area contributed by atoms with E-state index in [1.165, 1.54) is 0 Å². The molecule has 0 bridgehead atoms. The Labute approximate surface area is 46.7 Å². The number of hydrogen-bond acceptors (Lipinski definition) is 1. The standard InChI is InChI=1S/C4H8.Al.O.H/c1-3-4-2;;;/h3-4H,1-2H3;;;. The Kier molecular flexibility index (Phi) is 30.8. The zero-order valence-corrected chi connectivity index (χ0v) is 5.68. The molecular formula is C4H9AlO. The van der Waals surface area contributed by atoms with Gasteiger partial charge in [0.2, 0.25) is 0 Å². The van der Waals surface area contributed by atoms with E-state index in [1.54, 1.807) is 0 Å². The Morgan fingerprint density at radius 2 is 1.33 bits per heavy atom. The van der Waals surface area contributed by atoms with Gasteiger partial charge in [0.15, 0.2) is 0 Å². The van der Waals surface area contributed by atoms with Crippen LogP contribution in [0.2, 0.25) is 0 Å². The quantitative estimate of drug-likeness (QED) is 0.325. The molecule has 6 heavy (non-hydrogen) atoms. The molecule has 0 fully saturated rings. The van der Waals surface area contributed by atoms with Crippen molar-refractivity contribution in [2.24, 2.45) is 0 Å². The molecule has 0 saturated carbocycles. The van der Waals surface area contributed by atoms with E-state index < -0.39 is 0 Å². The van der Waals surface area contributed by atoms with Crippen LogP contribution in [0.25, 0.3) is 0 Å². The molecule has 0 atom stereocenters. The maximum absolute atomic E-state index is 8.28. The summed E-state index contributed by atoms with van der Waals surface area (Å²) in [5, 5.41) is 0. The summed E-state index contributed by atoms with van der Waals surface area (Å²) in [5.41, 5.74) is 0. The minimum atomic E-state index is 0.611. The first-order valence-electron chi connectivity index (χ1n) is 1.78. The van der Waals surface area contributed by atoms with E-state index in [-0.39, 0.29) is 0 Å². The minimum absolute atomic E-state index is 0.611. The van der Waals surface area contributed by atoms with Gasteiger partial charge in [-0.15, -0.1) is 0 Å². The van der Waals surface area contributed by atoms with Crippen LogP contribution in [0.15, 0.2) is 12.2 Å². The van der Waals surface area contributed by atoms with Crippen LogP contribution in [0.3, 0.4) is 0 Å². The van der Waals surface area contributed by atoms with Crippen molar-refractivity contribution in [1.29, 1.82) is 0 Å². The van der Waals surface area contributed by atoms with Gasteiger partial charge in [0.25, 0.3) is 0 Å². The molecule has 0 rings (SSSR count). The molecule has 0 aliphatic carbocycles. The molecule has 0 amide bonds. The van der Waals surface area contributed by atoms with Crippen molar-refractivity contribution in [2.75, 3.05) is 0 Å². The summed E-state index contributed by atoms with van der Waals surface area (Å²) in [4.78, 5) is 0. The molecular weight excluding hydrogens is 91.0 g/mol. The van der Waals surface area contributed by atoms with E-state index in [4.69, 9.17) is 3.80 Å². The fraction of sp³-hybridized carbons (Fsp3) is 0.500. The van der Waals surface area contributed by atoms with Gasteiger partial charge in [-0.05, 0) is 13.8 Å². The van der Waals surface area contributed by atoms with Crippen LogP contribution in [0.5, 0.6) is 0 Å². The van der Waals surface area contributed by atoms with Crippen molar-refractivity contribution in [1.82, 2.24) is 0 Å². The van der Waals surface area contributed by atoms with E-state index in [9.17, 15) is 0 Å². The van der Waals surface area contributed by atoms with Crippen LogP contribution in [-0.2, 0) is 3.80 Å². The van der Waals surface area contributed by atoms with Gasteiger partial charge in [-0.3, -0.25) is 0 Å². The molecule has 0 radical (unpaired) electrons. The molecule has 0 spiro atoms. The van der Waals surface area contributed by atoms with Crippen molar-refractivity contribution in [3.8, 4) is 0 Å². The van der Waals surface area contributed by atoms with Gasteiger partial charge < -0.3 is 0 Å². The maximum atomic E-state index is 8.28. The zero-order valence-electron chi connectivity index (χ0n) is 4.27. The van der Waals surface area contributed by atoms with E-state index in [2.05, 4.69) is 0 Å². The molecule has 0 aromatic rings. The Morgan fingerprint density at radius 1 is 1.17 bits per heavy atom. The van der Waals surface area contributed by atoms with E-state index >= 15 is 0 Å². The van der Waals surface area contributed by atoms with E-state index in [0.717, 1.165) is 0 Å². The average Bonchev–Trinajstić information content (AvgIpc) is 1.72. The summed E-state index contributed by atoms with van der Waals surface area (Å²) in [6, 6.07) is 0. The van der Waals surface area contributed by atoms with Crippen molar-refractivity contribution < 1.29 is 3.80 Å². The van der Waals surface area contributed by atoms with Crippen molar-refractivity contribution in [3.05, 3.63) is 12.2 Å². The van der Waals surface area contributed by atoms with Gasteiger partial charge in [0.1, 0.15) is 0 Å². The van der Waals surface area contributed by atoms with Gasteiger partial charge >= 0.3 is 20.0 Å². The molecule has 1 nitrogen and oxygen atoms in total. The molecule has 0 aliphatic rings. The molecule has 0 aromatic carbocycles. The topological polar surface area (TPSA) is 17.1 Å². The monoisotopic (exact) mass is 100 g/mol. The molecule has 34 valence electrons. The summed E-state index contributed by atoms with van der Waals surface area (Å²) in [7, 11) is 0. The summed E-state index contributed by atoms with van der Waals surface area (Å²) in [6.45, 7) is 4.00. The number of rotatable bonds is 0. The molecule has 0 unspecified atom stereocenters. The summed E-state index contributed by atoms with van der Waals surface area (Å²) < 4.78 is 8.28. The fourth-order valence-electron chi connectivity index (χ4n) is 0. The molecule has 0 aromatic heterocycles. The molecule has 2 heteroatoms. The Balaban J connectivity index is 0. The van der Waals surface area contributed by atoms with Crippen LogP contribution in [0, 0.1) is 0 Å². The second-order valence-electron chi connectivity index (χ2n) is 0.667. The van der Waals surface area contributed by atoms with E-state index in [1.807, 2.05) is 26.0 Å². The Hall–Kier alpha value is 0.0725. The third kappa shape index (κ3) is 33.4. The molecule has 0 saturated heterocycles. The normalized spacial score (nSPS) is 6.83. The fourth-order valence-corrected chi connectivity index (χ4v) is 0. The van der Waals surface area contributed by atoms with Crippen LogP contribution < -0.4 is 0 Å². The van der Waals surface area contributed by atoms with Crippen molar-refractivity contribution in [3.63, 3.8) is 0 Å². The Bertz CT molecular complexity index is 30.5. The van der Waals surface area contributed by atoms with Gasteiger partial charge in [-0.1, -0.05) is 12.2 Å². The second kappa shape index (κ2) is 19.6. The average molecular weight is 100 g/mol. The first kappa shape index (κ1) is 9.42. The van der Waals surface area contributed by atoms with Gasteiger partial charge in [-0.25, -0.2) is 0 Å². The molecule has 0 N–H and O–H groups in total. The first-order chi connectivity index (χ1) is 2.91. The zero-order chi connectivity index (χ0) is 5.41. The third-order valence-corrected chi connectivity index (χ3v) is 0.333.